The van der Waals surface area contributed by atoms with E-state index in [2.05, 4.69) is 72.4 Å². The monoisotopic (exact) mass is 429 g/mol. The summed E-state index contributed by atoms with van der Waals surface area (Å²) in [6.07, 6.45) is 2.16. The fourth-order valence-corrected chi connectivity index (χ4v) is 4.21. The third-order valence-corrected chi connectivity index (χ3v) is 5.96. The van der Waals surface area contributed by atoms with Gasteiger partial charge in [-0.05, 0) is 55.7 Å². The van der Waals surface area contributed by atoms with Crippen molar-refractivity contribution >= 4 is 11.6 Å². The number of anilines is 1. The largest absolute Gasteiger partial charge is 0.377 e. The molecule has 1 amide bonds. The summed E-state index contributed by atoms with van der Waals surface area (Å²) in [5.74, 6) is -0.0184. The van der Waals surface area contributed by atoms with Crippen LogP contribution < -0.4 is 10.2 Å². The van der Waals surface area contributed by atoms with Gasteiger partial charge in [-0.1, -0.05) is 42.0 Å². The van der Waals surface area contributed by atoms with Crippen LogP contribution in [0.5, 0.6) is 0 Å². The maximum atomic E-state index is 12.4. The van der Waals surface area contributed by atoms with Gasteiger partial charge in [-0.3, -0.25) is 9.78 Å². The minimum atomic E-state index is -0.0184. The van der Waals surface area contributed by atoms with E-state index in [4.69, 9.17) is 4.74 Å². The number of benzene rings is 2. The second kappa shape index (κ2) is 9.96. The predicted octanol–water partition coefficient (Wildman–Crippen LogP) is 4.45. The first-order valence-corrected chi connectivity index (χ1v) is 11.2. The lowest BCUT2D eigenvalue weighted by Gasteiger charge is -2.35. The average Bonchev–Trinajstić information content (AvgIpc) is 2.79. The number of nitrogens with zero attached hydrogens (tertiary/aromatic N) is 2. The highest BCUT2D eigenvalue weighted by atomic mass is 16.5. The number of ether oxygens (including phenoxy) is 1. The molecule has 1 aliphatic heterocycles. The van der Waals surface area contributed by atoms with Crippen molar-refractivity contribution in [3.63, 3.8) is 0 Å². The van der Waals surface area contributed by atoms with Crippen LogP contribution in [0.2, 0.25) is 0 Å². The molecule has 1 aliphatic rings. The number of nitrogens with one attached hydrogen (secondary N) is 1. The first-order valence-electron chi connectivity index (χ1n) is 11.2. The molecule has 2 heterocycles. The van der Waals surface area contributed by atoms with Crippen LogP contribution in [-0.4, -0.2) is 36.7 Å². The highest BCUT2D eigenvalue weighted by Crippen LogP contribution is 2.27. The van der Waals surface area contributed by atoms with Gasteiger partial charge in [0.1, 0.15) is 0 Å². The maximum absolute atomic E-state index is 12.4. The fraction of sp³-hybridized carbons (Fsp3) is 0.333. The van der Waals surface area contributed by atoms with E-state index < -0.39 is 0 Å². The lowest BCUT2D eigenvalue weighted by Crippen LogP contribution is -2.43. The van der Waals surface area contributed by atoms with Crippen molar-refractivity contribution in [3.8, 4) is 11.1 Å². The first kappa shape index (κ1) is 22.0. The SMILES string of the molecule is Cc1cccc(CNC(=O)Cc2cc(C)c(-c3ccc(N4CCOC[C@@H]4C)cc3)cn2)c1. The number of amides is 1. The van der Waals surface area contributed by atoms with Crippen LogP contribution in [0.3, 0.4) is 0 Å². The number of aromatic nitrogens is 1. The molecule has 5 heteroatoms. The Kier molecular flexibility index (Phi) is 6.86. The Balaban J connectivity index is 1.39. The second-order valence-corrected chi connectivity index (χ2v) is 8.60. The second-order valence-electron chi connectivity index (χ2n) is 8.60. The maximum Gasteiger partial charge on any atom is 0.226 e. The van der Waals surface area contributed by atoms with Gasteiger partial charge in [-0.25, -0.2) is 0 Å². The van der Waals surface area contributed by atoms with Crippen molar-refractivity contribution in [2.45, 2.75) is 39.8 Å². The van der Waals surface area contributed by atoms with E-state index in [0.29, 0.717) is 12.6 Å². The van der Waals surface area contributed by atoms with Gasteiger partial charge in [-0.15, -0.1) is 0 Å². The number of carbonyl (C=O) groups excluding carboxylic acids is 1. The highest BCUT2D eigenvalue weighted by Gasteiger charge is 2.19. The fourth-order valence-electron chi connectivity index (χ4n) is 4.21. The quantitative estimate of drug-likeness (QED) is 0.629. The van der Waals surface area contributed by atoms with Crippen molar-refractivity contribution < 1.29 is 9.53 Å². The zero-order valence-electron chi connectivity index (χ0n) is 19.1. The molecule has 4 rings (SSSR count). The van der Waals surface area contributed by atoms with E-state index >= 15 is 0 Å². The summed E-state index contributed by atoms with van der Waals surface area (Å²) < 4.78 is 5.54. The van der Waals surface area contributed by atoms with Gasteiger partial charge in [0.05, 0.1) is 19.6 Å². The van der Waals surface area contributed by atoms with Crippen LogP contribution in [0.1, 0.15) is 29.3 Å². The Morgan fingerprint density at radius 1 is 1.16 bits per heavy atom. The summed E-state index contributed by atoms with van der Waals surface area (Å²) in [7, 11) is 0. The molecule has 0 unspecified atom stereocenters. The Morgan fingerprint density at radius 3 is 2.69 bits per heavy atom. The summed E-state index contributed by atoms with van der Waals surface area (Å²) in [5, 5.41) is 2.99. The number of hydrogen-bond donors (Lipinski definition) is 1. The zero-order valence-corrected chi connectivity index (χ0v) is 19.1. The van der Waals surface area contributed by atoms with Gasteiger partial charge in [0, 0.05) is 42.3 Å². The van der Waals surface area contributed by atoms with Crippen LogP contribution in [0.15, 0.2) is 60.8 Å². The summed E-state index contributed by atoms with van der Waals surface area (Å²) in [6, 6.07) is 19.2. The van der Waals surface area contributed by atoms with Gasteiger partial charge in [0.25, 0.3) is 0 Å². The van der Waals surface area contributed by atoms with Crippen LogP contribution in [-0.2, 0) is 22.5 Å². The van der Waals surface area contributed by atoms with Crippen LogP contribution in [0.25, 0.3) is 11.1 Å². The Bertz CT molecular complexity index is 1080. The van der Waals surface area contributed by atoms with E-state index in [1.54, 1.807) is 0 Å². The van der Waals surface area contributed by atoms with Gasteiger partial charge >= 0.3 is 0 Å². The topological polar surface area (TPSA) is 54.5 Å². The summed E-state index contributed by atoms with van der Waals surface area (Å²) in [5.41, 5.74) is 7.65. The smallest absolute Gasteiger partial charge is 0.226 e. The lowest BCUT2D eigenvalue weighted by atomic mass is 10.0. The molecule has 0 aliphatic carbocycles. The van der Waals surface area contributed by atoms with Gasteiger partial charge < -0.3 is 15.0 Å². The van der Waals surface area contributed by atoms with E-state index in [-0.39, 0.29) is 12.3 Å². The van der Waals surface area contributed by atoms with Gasteiger partial charge in [0.2, 0.25) is 5.91 Å². The molecule has 1 saturated heterocycles. The van der Waals surface area contributed by atoms with Crippen LogP contribution in [0.4, 0.5) is 5.69 Å². The van der Waals surface area contributed by atoms with Crippen molar-refractivity contribution in [2.75, 3.05) is 24.7 Å². The number of aryl methyl sites for hydroxylation is 2. The molecule has 2 aromatic carbocycles. The number of pyridine rings is 1. The molecule has 3 aromatic rings. The molecule has 5 nitrogen and oxygen atoms in total. The van der Waals surface area contributed by atoms with Crippen LogP contribution in [0, 0.1) is 13.8 Å². The van der Waals surface area contributed by atoms with E-state index in [9.17, 15) is 4.79 Å². The van der Waals surface area contributed by atoms with Crippen LogP contribution >= 0.6 is 0 Å². The first-order chi connectivity index (χ1) is 15.5. The molecule has 0 radical (unpaired) electrons. The van der Waals surface area contributed by atoms with Crippen molar-refractivity contribution in [3.05, 3.63) is 83.2 Å². The minimum absolute atomic E-state index is 0.0184. The molecule has 32 heavy (non-hydrogen) atoms. The molecule has 1 fully saturated rings. The van der Waals surface area contributed by atoms with Crippen molar-refractivity contribution in [2.24, 2.45) is 0 Å². The third-order valence-electron chi connectivity index (χ3n) is 5.96. The molecule has 1 aromatic heterocycles. The molecule has 0 spiro atoms. The Morgan fingerprint density at radius 2 is 1.97 bits per heavy atom. The third kappa shape index (κ3) is 5.35. The number of morpholine rings is 1. The molecule has 0 bridgehead atoms. The minimum Gasteiger partial charge on any atom is -0.377 e. The van der Waals surface area contributed by atoms with Gasteiger partial charge in [0.15, 0.2) is 0 Å². The van der Waals surface area contributed by atoms with Gasteiger partial charge in [-0.2, -0.15) is 0 Å². The molecule has 1 N–H and O–H groups in total. The summed E-state index contributed by atoms with van der Waals surface area (Å²) in [6.45, 7) is 9.31. The Labute approximate surface area is 190 Å². The summed E-state index contributed by atoms with van der Waals surface area (Å²) >= 11 is 0. The molecule has 0 saturated carbocycles. The van der Waals surface area contributed by atoms with E-state index in [0.717, 1.165) is 47.7 Å². The normalized spacial score (nSPS) is 16.1. The summed E-state index contributed by atoms with van der Waals surface area (Å²) in [4.78, 5) is 19.3. The van der Waals surface area contributed by atoms with Crippen molar-refractivity contribution in [1.29, 1.82) is 0 Å². The lowest BCUT2D eigenvalue weighted by molar-refractivity contribution is -0.120. The zero-order chi connectivity index (χ0) is 22.5. The van der Waals surface area contributed by atoms with E-state index in [1.807, 2.05) is 24.4 Å². The Hall–Kier alpha value is -3.18. The average molecular weight is 430 g/mol. The molecular weight excluding hydrogens is 398 g/mol. The van der Waals surface area contributed by atoms with Crippen molar-refractivity contribution in [1.82, 2.24) is 10.3 Å². The standard InChI is InChI=1S/C27H31N3O2/c1-19-5-4-6-22(13-19)16-29-27(31)15-24-14-20(2)26(17-28-24)23-7-9-25(10-8-23)30-11-12-32-18-21(30)3/h4-10,13-14,17,21H,11-12,15-16,18H2,1-3H3,(H,29,31)/t21-/m0/s1. The number of hydrogen-bond acceptors (Lipinski definition) is 4. The van der Waals surface area contributed by atoms with E-state index in [1.165, 1.54) is 11.3 Å². The molecular formula is C27H31N3O2. The highest BCUT2D eigenvalue weighted by molar-refractivity contribution is 5.78. The predicted molar refractivity (Wildman–Crippen MR) is 129 cm³/mol. The molecule has 1 atom stereocenters. The number of carbonyl (C=O) groups is 1. The molecule has 166 valence electrons. The number of rotatable bonds is 6.